The van der Waals surface area contributed by atoms with Gasteiger partial charge in [0.1, 0.15) is 0 Å². The van der Waals surface area contributed by atoms with Crippen LogP contribution in [0.2, 0.25) is 5.02 Å². The highest BCUT2D eigenvalue weighted by Gasteiger charge is 2.03. The van der Waals surface area contributed by atoms with E-state index in [1.807, 2.05) is 12.1 Å². The van der Waals surface area contributed by atoms with Crippen LogP contribution in [0, 0.1) is 0 Å². The van der Waals surface area contributed by atoms with E-state index in [0.717, 1.165) is 12.0 Å². The van der Waals surface area contributed by atoms with Crippen molar-refractivity contribution in [2.45, 2.75) is 0 Å². The topological polar surface area (TPSA) is 34.9 Å². The van der Waals surface area contributed by atoms with Crippen LogP contribution in [0.15, 0.2) is 36.7 Å². The second-order valence-electron chi connectivity index (χ2n) is 2.78. The van der Waals surface area contributed by atoms with Gasteiger partial charge in [0.05, 0.1) is 16.9 Å². The monoisotopic (exact) mass is 206 g/mol. The fraction of sp³-hybridized carbons (Fsp3) is 0. The number of benzene rings is 1. The second kappa shape index (κ2) is 3.64. The Morgan fingerprint density at radius 1 is 1.36 bits per heavy atom. The van der Waals surface area contributed by atoms with Gasteiger partial charge in [-0.15, -0.1) is 0 Å². The summed E-state index contributed by atoms with van der Waals surface area (Å²) in [4.78, 5) is 10.7. The molecule has 2 rings (SSSR count). The van der Waals surface area contributed by atoms with E-state index in [9.17, 15) is 4.79 Å². The van der Waals surface area contributed by atoms with Crippen LogP contribution in [0.25, 0.3) is 5.69 Å². The highest BCUT2D eigenvalue weighted by molar-refractivity contribution is 6.30. The fourth-order valence-electron chi connectivity index (χ4n) is 1.23. The summed E-state index contributed by atoms with van der Waals surface area (Å²) in [5, 5.41) is 4.57. The molecule has 1 heterocycles. The Labute approximate surface area is 85.9 Å². The number of hydrogen-bond acceptors (Lipinski definition) is 2. The van der Waals surface area contributed by atoms with Crippen LogP contribution in [0.5, 0.6) is 0 Å². The first kappa shape index (κ1) is 8.97. The SMILES string of the molecule is O=Cc1ccccc1-n1cc(Cl)cn1. The largest absolute Gasteiger partial charge is 0.298 e. The fourth-order valence-corrected chi connectivity index (χ4v) is 1.36. The lowest BCUT2D eigenvalue weighted by Gasteiger charge is -2.02. The number of halogens is 1. The average Bonchev–Trinajstić information content (AvgIpc) is 2.65. The minimum Gasteiger partial charge on any atom is -0.298 e. The van der Waals surface area contributed by atoms with E-state index in [-0.39, 0.29) is 0 Å². The van der Waals surface area contributed by atoms with E-state index in [1.165, 1.54) is 6.20 Å². The summed E-state index contributed by atoms with van der Waals surface area (Å²) in [6, 6.07) is 7.20. The molecule has 0 amide bonds. The van der Waals surface area contributed by atoms with Gasteiger partial charge in [-0.25, -0.2) is 4.68 Å². The molecule has 0 spiro atoms. The molecule has 0 aliphatic carbocycles. The van der Waals surface area contributed by atoms with Crippen molar-refractivity contribution in [2.75, 3.05) is 0 Å². The van der Waals surface area contributed by atoms with E-state index < -0.39 is 0 Å². The Morgan fingerprint density at radius 2 is 2.14 bits per heavy atom. The lowest BCUT2D eigenvalue weighted by Crippen LogP contribution is -1.98. The van der Waals surface area contributed by atoms with Gasteiger partial charge >= 0.3 is 0 Å². The highest BCUT2D eigenvalue weighted by Crippen LogP contribution is 2.14. The van der Waals surface area contributed by atoms with E-state index in [1.54, 1.807) is 23.0 Å². The van der Waals surface area contributed by atoms with Gasteiger partial charge < -0.3 is 0 Å². The van der Waals surface area contributed by atoms with Crippen molar-refractivity contribution in [2.24, 2.45) is 0 Å². The number of aldehydes is 1. The van der Waals surface area contributed by atoms with Gasteiger partial charge in [-0.1, -0.05) is 23.7 Å². The molecule has 4 heteroatoms. The second-order valence-corrected chi connectivity index (χ2v) is 3.22. The Bertz CT molecular complexity index is 465. The van der Waals surface area contributed by atoms with Gasteiger partial charge in [0, 0.05) is 11.8 Å². The molecule has 0 N–H and O–H groups in total. The third-order valence-electron chi connectivity index (χ3n) is 1.86. The Morgan fingerprint density at radius 3 is 2.79 bits per heavy atom. The summed E-state index contributed by atoms with van der Waals surface area (Å²) in [6.45, 7) is 0. The van der Waals surface area contributed by atoms with Gasteiger partial charge in [-0.3, -0.25) is 4.79 Å². The first-order valence-electron chi connectivity index (χ1n) is 4.06. The standard InChI is InChI=1S/C10H7ClN2O/c11-9-5-12-13(6-9)10-4-2-1-3-8(10)7-14/h1-7H. The van der Waals surface area contributed by atoms with Crippen molar-refractivity contribution < 1.29 is 4.79 Å². The molecule has 0 bridgehead atoms. The lowest BCUT2D eigenvalue weighted by atomic mass is 10.2. The molecule has 0 saturated carbocycles. The van der Waals surface area contributed by atoms with Crippen LogP contribution in [0.4, 0.5) is 0 Å². The third-order valence-corrected chi connectivity index (χ3v) is 2.06. The van der Waals surface area contributed by atoms with Crippen LogP contribution >= 0.6 is 11.6 Å². The van der Waals surface area contributed by atoms with E-state index in [2.05, 4.69) is 5.10 Å². The Balaban J connectivity index is 2.55. The van der Waals surface area contributed by atoms with Crippen molar-refractivity contribution in [1.29, 1.82) is 0 Å². The first-order chi connectivity index (χ1) is 6.81. The third kappa shape index (κ3) is 1.54. The predicted octanol–water partition coefficient (Wildman–Crippen LogP) is 2.34. The van der Waals surface area contributed by atoms with E-state index >= 15 is 0 Å². The number of hydrogen-bond donors (Lipinski definition) is 0. The minimum absolute atomic E-state index is 0.547. The predicted molar refractivity (Wildman–Crippen MR) is 54.0 cm³/mol. The first-order valence-corrected chi connectivity index (χ1v) is 4.44. The quantitative estimate of drug-likeness (QED) is 0.707. The van der Waals surface area contributed by atoms with E-state index in [4.69, 9.17) is 11.6 Å². The average molecular weight is 207 g/mol. The molecule has 0 saturated heterocycles. The van der Waals surface area contributed by atoms with Gasteiger partial charge in [-0.2, -0.15) is 5.10 Å². The Kier molecular flexibility index (Phi) is 2.33. The number of carbonyl (C=O) groups is 1. The molecule has 1 aromatic heterocycles. The summed E-state index contributed by atoms with van der Waals surface area (Å²) in [5.41, 5.74) is 1.32. The zero-order valence-corrected chi connectivity index (χ0v) is 7.98. The highest BCUT2D eigenvalue weighted by atomic mass is 35.5. The number of aromatic nitrogens is 2. The maximum Gasteiger partial charge on any atom is 0.152 e. The van der Waals surface area contributed by atoms with Crippen LogP contribution in [0.3, 0.4) is 0 Å². The molecular weight excluding hydrogens is 200 g/mol. The molecule has 2 aromatic rings. The van der Waals surface area contributed by atoms with Crippen molar-refractivity contribution in [3.8, 4) is 5.69 Å². The molecule has 1 aromatic carbocycles. The molecule has 0 radical (unpaired) electrons. The van der Waals surface area contributed by atoms with Crippen LogP contribution in [-0.4, -0.2) is 16.1 Å². The minimum atomic E-state index is 0.547. The molecule has 70 valence electrons. The molecular formula is C10H7ClN2O. The van der Waals surface area contributed by atoms with Gasteiger partial charge in [0.15, 0.2) is 6.29 Å². The number of nitrogens with zero attached hydrogens (tertiary/aromatic N) is 2. The van der Waals surface area contributed by atoms with Crippen molar-refractivity contribution >= 4 is 17.9 Å². The molecule has 0 aliphatic rings. The summed E-state index contributed by atoms with van der Waals surface area (Å²) < 4.78 is 1.58. The van der Waals surface area contributed by atoms with E-state index in [0.29, 0.717) is 10.6 Å². The van der Waals surface area contributed by atoms with Crippen molar-refractivity contribution in [1.82, 2.24) is 9.78 Å². The molecule has 0 atom stereocenters. The smallest absolute Gasteiger partial charge is 0.152 e. The zero-order valence-electron chi connectivity index (χ0n) is 7.22. The van der Waals surface area contributed by atoms with Gasteiger partial charge in [-0.05, 0) is 12.1 Å². The molecule has 0 unspecified atom stereocenters. The van der Waals surface area contributed by atoms with Crippen LogP contribution in [-0.2, 0) is 0 Å². The zero-order chi connectivity index (χ0) is 9.97. The number of para-hydroxylation sites is 1. The summed E-state index contributed by atoms with van der Waals surface area (Å²) >= 11 is 5.73. The summed E-state index contributed by atoms with van der Waals surface area (Å²) in [5.74, 6) is 0. The van der Waals surface area contributed by atoms with Crippen LogP contribution in [0.1, 0.15) is 10.4 Å². The maximum atomic E-state index is 10.7. The lowest BCUT2D eigenvalue weighted by molar-refractivity contribution is 0.112. The summed E-state index contributed by atoms with van der Waals surface area (Å²) in [6.07, 6.45) is 3.98. The number of carbonyl (C=O) groups excluding carboxylic acids is 1. The molecule has 0 fully saturated rings. The van der Waals surface area contributed by atoms with Gasteiger partial charge in [0.2, 0.25) is 0 Å². The van der Waals surface area contributed by atoms with Crippen molar-refractivity contribution in [3.05, 3.63) is 47.2 Å². The Hall–Kier alpha value is -1.61. The normalized spacial score (nSPS) is 10.1. The molecule has 14 heavy (non-hydrogen) atoms. The van der Waals surface area contributed by atoms with Gasteiger partial charge in [0.25, 0.3) is 0 Å². The molecule has 0 aliphatic heterocycles. The number of rotatable bonds is 2. The molecule has 3 nitrogen and oxygen atoms in total. The van der Waals surface area contributed by atoms with Crippen molar-refractivity contribution in [3.63, 3.8) is 0 Å². The maximum absolute atomic E-state index is 10.7. The summed E-state index contributed by atoms with van der Waals surface area (Å²) in [7, 11) is 0. The van der Waals surface area contributed by atoms with Crippen LogP contribution < -0.4 is 0 Å².